The van der Waals surface area contributed by atoms with Crippen LogP contribution in [0, 0.1) is 6.92 Å². The van der Waals surface area contributed by atoms with Gasteiger partial charge in [0.25, 0.3) is 0 Å². The number of benzene rings is 1. The minimum Gasteiger partial charge on any atom is -0.467 e. The van der Waals surface area contributed by atoms with Crippen molar-refractivity contribution in [2.75, 3.05) is 20.2 Å². The summed E-state index contributed by atoms with van der Waals surface area (Å²) < 4.78 is 4.85. The lowest BCUT2D eigenvalue weighted by Crippen LogP contribution is -2.55. The Bertz CT molecular complexity index is 1200. The Morgan fingerprint density at radius 3 is 2.10 bits per heavy atom. The molecule has 1 aromatic carbocycles. The number of guanidine groups is 2. The molecule has 224 valence electrons. The fourth-order valence-electron chi connectivity index (χ4n) is 3.85. The normalized spacial score (nSPS) is 12.9. The first-order valence-corrected chi connectivity index (χ1v) is 13.2. The molecule has 1 aromatic heterocycles. The number of hydrogen-bond acceptors (Lipinski definition) is 8. The van der Waals surface area contributed by atoms with Crippen molar-refractivity contribution in [3.05, 3.63) is 41.7 Å². The van der Waals surface area contributed by atoms with Crippen LogP contribution in [0.15, 0.2) is 40.4 Å². The van der Waals surface area contributed by atoms with Gasteiger partial charge >= 0.3 is 5.97 Å². The van der Waals surface area contributed by atoms with Gasteiger partial charge in [-0.25, -0.2) is 9.78 Å². The van der Waals surface area contributed by atoms with Crippen LogP contribution in [0.5, 0.6) is 0 Å². The van der Waals surface area contributed by atoms with Crippen LogP contribution in [-0.2, 0) is 25.5 Å². The molecular weight excluding hydrogens is 530 g/mol. The van der Waals surface area contributed by atoms with Gasteiger partial charge in [0.1, 0.15) is 17.9 Å². The van der Waals surface area contributed by atoms with Crippen molar-refractivity contribution in [2.45, 2.75) is 57.2 Å². The maximum Gasteiger partial charge on any atom is 0.328 e. The van der Waals surface area contributed by atoms with E-state index in [1.54, 1.807) is 6.20 Å². The van der Waals surface area contributed by atoms with Crippen LogP contribution >= 0.6 is 0 Å². The first-order chi connectivity index (χ1) is 19.5. The maximum absolute atomic E-state index is 13.4. The summed E-state index contributed by atoms with van der Waals surface area (Å²) in [4.78, 5) is 54.1. The number of carbonyl (C=O) groups excluding carboxylic acids is 3. The van der Waals surface area contributed by atoms with E-state index < -0.39 is 35.9 Å². The van der Waals surface area contributed by atoms with Crippen molar-refractivity contribution in [1.29, 1.82) is 0 Å². The van der Waals surface area contributed by atoms with E-state index >= 15 is 0 Å². The number of aromatic amines is 1. The van der Waals surface area contributed by atoms with E-state index in [1.807, 2.05) is 31.2 Å². The van der Waals surface area contributed by atoms with Crippen molar-refractivity contribution in [1.82, 2.24) is 20.6 Å². The van der Waals surface area contributed by atoms with Crippen LogP contribution in [-0.4, -0.2) is 78.0 Å². The number of carbonyl (C=O) groups is 3. The largest absolute Gasteiger partial charge is 0.467 e. The van der Waals surface area contributed by atoms with Crippen LogP contribution in [0.3, 0.4) is 0 Å². The zero-order valence-corrected chi connectivity index (χ0v) is 23.4. The molecule has 0 radical (unpaired) electrons. The van der Waals surface area contributed by atoms with E-state index in [9.17, 15) is 14.4 Å². The van der Waals surface area contributed by atoms with Crippen LogP contribution in [0.1, 0.15) is 36.9 Å². The van der Waals surface area contributed by atoms with Crippen LogP contribution in [0.4, 0.5) is 0 Å². The number of methoxy groups -OCH3 is 1. The third kappa shape index (κ3) is 11.5. The number of aromatic nitrogens is 2. The molecule has 0 aliphatic carbocycles. The summed E-state index contributed by atoms with van der Waals surface area (Å²) in [7, 11) is 1.22. The van der Waals surface area contributed by atoms with Gasteiger partial charge in [0.05, 0.1) is 13.2 Å². The molecule has 0 unspecified atom stereocenters. The third-order valence-electron chi connectivity index (χ3n) is 6.06. The van der Waals surface area contributed by atoms with Gasteiger partial charge in [-0.15, -0.1) is 0 Å². The highest BCUT2D eigenvalue weighted by molar-refractivity contribution is 5.92. The number of H-pyrrole nitrogens is 1. The van der Waals surface area contributed by atoms with E-state index in [-0.39, 0.29) is 37.7 Å². The number of rotatable bonds is 16. The number of nitrogens with zero attached hydrogens (tertiary/aromatic N) is 3. The molecule has 0 aliphatic rings. The standard InChI is InChI=1S/C26H41N11O4/c1-15-7-9-16(10-8-15)21-34-14-17(35-21)13-20(37-22(38)18(27)5-3-11-32-25(28)29)23(39)36-19(24(40)41-2)6-4-12-33-26(30)31/h7-10,14,18-20H,3-6,11-13,27H2,1-2H3,(H,34,35)(H,36,39)(H,37,38)(H4,28,29,32)(H4,30,31,33)/t18-,19-,20-/m0/s1. The SMILES string of the molecule is COC(=O)[C@H](CCCN=C(N)N)NC(=O)[C@H](Cc1cnc(-c2ccc(C)cc2)[nH]1)NC(=O)[C@@H](N)CCCN=C(N)N. The highest BCUT2D eigenvalue weighted by Gasteiger charge is 2.29. The Labute approximate surface area is 238 Å². The molecular formula is C26H41N11O4. The van der Waals surface area contributed by atoms with E-state index in [0.717, 1.165) is 11.1 Å². The van der Waals surface area contributed by atoms with Crippen LogP contribution < -0.4 is 39.3 Å². The molecule has 15 nitrogen and oxygen atoms in total. The molecule has 0 saturated carbocycles. The van der Waals surface area contributed by atoms with Crippen molar-refractivity contribution in [3.8, 4) is 11.4 Å². The monoisotopic (exact) mass is 571 g/mol. The topological polar surface area (TPSA) is 268 Å². The van der Waals surface area contributed by atoms with Gasteiger partial charge in [-0.1, -0.05) is 29.8 Å². The quantitative estimate of drug-likeness (QED) is 0.0500. The Balaban J connectivity index is 2.19. The Hall–Kier alpha value is -4.66. The minimum atomic E-state index is -1.08. The van der Waals surface area contributed by atoms with Gasteiger partial charge < -0.3 is 49.0 Å². The van der Waals surface area contributed by atoms with Crippen molar-refractivity contribution >= 4 is 29.7 Å². The predicted molar refractivity (Wildman–Crippen MR) is 156 cm³/mol. The first-order valence-electron chi connectivity index (χ1n) is 13.2. The number of amides is 2. The van der Waals surface area contributed by atoms with Crippen molar-refractivity contribution in [3.63, 3.8) is 0 Å². The van der Waals surface area contributed by atoms with Gasteiger partial charge in [-0.3, -0.25) is 19.6 Å². The second-order valence-electron chi connectivity index (χ2n) is 9.48. The van der Waals surface area contributed by atoms with Gasteiger partial charge in [-0.05, 0) is 32.6 Å². The Kier molecular flexibility index (Phi) is 13.1. The molecule has 15 heteroatoms. The number of imidazole rings is 1. The van der Waals surface area contributed by atoms with Gasteiger partial charge in [0.15, 0.2) is 11.9 Å². The molecule has 2 amide bonds. The van der Waals surface area contributed by atoms with E-state index in [1.165, 1.54) is 7.11 Å². The highest BCUT2D eigenvalue weighted by Crippen LogP contribution is 2.17. The van der Waals surface area contributed by atoms with Gasteiger partial charge in [0.2, 0.25) is 11.8 Å². The molecule has 41 heavy (non-hydrogen) atoms. The molecule has 1 heterocycles. The lowest BCUT2D eigenvalue weighted by atomic mass is 10.1. The smallest absolute Gasteiger partial charge is 0.328 e. The van der Waals surface area contributed by atoms with Gasteiger partial charge in [0, 0.05) is 37.0 Å². The summed E-state index contributed by atoms with van der Waals surface area (Å²) >= 11 is 0. The van der Waals surface area contributed by atoms with Crippen molar-refractivity contribution < 1.29 is 19.1 Å². The average Bonchev–Trinajstić information content (AvgIpc) is 3.40. The average molecular weight is 572 g/mol. The maximum atomic E-state index is 13.4. The summed E-state index contributed by atoms with van der Waals surface area (Å²) in [6.07, 6.45) is 3.00. The molecule has 3 atom stereocenters. The molecule has 0 aliphatic heterocycles. The Morgan fingerprint density at radius 2 is 1.51 bits per heavy atom. The number of nitrogens with two attached hydrogens (primary N) is 5. The number of nitrogens with one attached hydrogen (secondary N) is 3. The second-order valence-corrected chi connectivity index (χ2v) is 9.48. The fourth-order valence-corrected chi connectivity index (χ4v) is 3.85. The summed E-state index contributed by atoms with van der Waals surface area (Å²) in [5.41, 5.74) is 30.0. The van der Waals surface area contributed by atoms with Crippen molar-refractivity contribution in [2.24, 2.45) is 38.7 Å². The van der Waals surface area contributed by atoms with E-state index in [0.29, 0.717) is 30.9 Å². The highest BCUT2D eigenvalue weighted by atomic mass is 16.5. The predicted octanol–water partition coefficient (Wildman–Crippen LogP) is -1.50. The van der Waals surface area contributed by atoms with E-state index in [4.69, 9.17) is 33.4 Å². The number of esters is 1. The number of hydrogen-bond donors (Lipinski definition) is 8. The molecule has 0 bridgehead atoms. The lowest BCUT2D eigenvalue weighted by molar-refractivity contribution is -0.145. The number of aryl methyl sites for hydroxylation is 1. The zero-order valence-electron chi connectivity index (χ0n) is 23.4. The molecule has 0 fully saturated rings. The minimum absolute atomic E-state index is 0.0530. The summed E-state index contributed by atoms with van der Waals surface area (Å²) in [6.45, 7) is 2.55. The first kappa shape index (κ1) is 32.6. The van der Waals surface area contributed by atoms with Crippen LogP contribution in [0.25, 0.3) is 11.4 Å². The summed E-state index contributed by atoms with van der Waals surface area (Å²) in [5.74, 6) is -1.32. The molecule has 13 N–H and O–H groups in total. The van der Waals surface area contributed by atoms with Gasteiger partial charge in [-0.2, -0.15) is 0 Å². The molecule has 0 spiro atoms. The summed E-state index contributed by atoms with van der Waals surface area (Å²) in [5, 5.41) is 5.37. The molecule has 0 saturated heterocycles. The Morgan fingerprint density at radius 1 is 0.927 bits per heavy atom. The lowest BCUT2D eigenvalue weighted by Gasteiger charge is -2.23. The second kappa shape index (κ2) is 16.4. The summed E-state index contributed by atoms with van der Waals surface area (Å²) in [6, 6.07) is 4.79. The zero-order chi connectivity index (χ0) is 30.4. The molecule has 2 aromatic rings. The number of ether oxygens (including phenoxy) is 1. The van der Waals surface area contributed by atoms with Crippen LogP contribution in [0.2, 0.25) is 0 Å². The third-order valence-corrected chi connectivity index (χ3v) is 6.06. The molecule has 2 rings (SSSR count). The van der Waals surface area contributed by atoms with E-state index in [2.05, 4.69) is 30.6 Å². The fraction of sp³-hybridized carbons (Fsp3) is 0.462. The number of aliphatic imine (C=N–C) groups is 2.